The molecule has 0 saturated heterocycles. The topological polar surface area (TPSA) is 34.1 Å². The SMILES string of the molecule is O=C(CCC(CCCS)(CCCS)CCCS)CC(=O)CCC(CCCS)(CCCS)CCCS. The molecule has 0 rings (SSSR count). The molecular weight excluding hydrogens is 549 g/mol. The van der Waals surface area contributed by atoms with E-state index >= 15 is 0 Å². The van der Waals surface area contributed by atoms with Crippen molar-refractivity contribution in [1.82, 2.24) is 0 Å². The highest BCUT2D eigenvalue weighted by atomic mass is 32.1. The second kappa shape index (κ2) is 23.3. The van der Waals surface area contributed by atoms with Gasteiger partial charge < -0.3 is 0 Å². The molecule has 8 heteroatoms. The molecule has 0 saturated carbocycles. The Kier molecular flexibility index (Phi) is 24.3. The van der Waals surface area contributed by atoms with Gasteiger partial charge in [0.1, 0.15) is 11.6 Å². The minimum absolute atomic E-state index is 0.0869. The number of thiol groups is 6. The second-order valence-corrected chi connectivity index (χ2v) is 12.9. The summed E-state index contributed by atoms with van der Waals surface area (Å²) in [5, 5.41) is 0. The van der Waals surface area contributed by atoms with Crippen LogP contribution in [0.4, 0.5) is 0 Å². The molecule has 2 nitrogen and oxygen atoms in total. The Morgan fingerprint density at radius 1 is 0.400 bits per heavy atom. The molecule has 0 aliphatic carbocycles. The highest BCUT2D eigenvalue weighted by Crippen LogP contribution is 2.42. The smallest absolute Gasteiger partial charge is 0.140 e. The van der Waals surface area contributed by atoms with Crippen molar-refractivity contribution in [2.24, 2.45) is 10.8 Å². The van der Waals surface area contributed by atoms with Gasteiger partial charge in [0.25, 0.3) is 0 Å². The molecule has 0 aromatic carbocycles. The van der Waals surface area contributed by atoms with E-state index in [2.05, 4.69) is 75.8 Å². The number of rotatable bonds is 26. The van der Waals surface area contributed by atoms with Gasteiger partial charge >= 0.3 is 0 Å². The fraction of sp³-hybridized carbons (Fsp3) is 0.926. The summed E-state index contributed by atoms with van der Waals surface area (Å²) in [4.78, 5) is 25.7. The summed E-state index contributed by atoms with van der Waals surface area (Å²) >= 11 is 26.5. The highest BCUT2D eigenvalue weighted by molar-refractivity contribution is 7.81. The predicted molar refractivity (Wildman–Crippen MR) is 176 cm³/mol. The van der Waals surface area contributed by atoms with Crippen LogP contribution < -0.4 is 0 Å². The molecule has 0 aromatic rings. The van der Waals surface area contributed by atoms with Gasteiger partial charge in [-0.05, 0) is 135 Å². The summed E-state index contributed by atoms with van der Waals surface area (Å²) in [6.45, 7) is 0. The van der Waals surface area contributed by atoms with Crippen LogP contribution >= 0.6 is 75.8 Å². The third kappa shape index (κ3) is 17.6. The zero-order valence-corrected chi connectivity index (χ0v) is 27.1. The molecule has 0 unspecified atom stereocenters. The van der Waals surface area contributed by atoms with Gasteiger partial charge in [0.2, 0.25) is 0 Å². The summed E-state index contributed by atoms with van der Waals surface area (Å²) in [7, 11) is 0. The van der Waals surface area contributed by atoms with E-state index in [1.807, 2.05) is 0 Å². The second-order valence-electron chi connectivity index (χ2n) is 10.2. The van der Waals surface area contributed by atoms with Crippen molar-refractivity contribution in [3.05, 3.63) is 0 Å². The van der Waals surface area contributed by atoms with Crippen LogP contribution in [0.1, 0.15) is 109 Å². The third-order valence-corrected chi connectivity index (χ3v) is 9.35. The Balaban J connectivity index is 5.04. The fourth-order valence-corrected chi connectivity index (χ4v) is 6.38. The monoisotopic (exact) mass is 600 g/mol. The van der Waals surface area contributed by atoms with Gasteiger partial charge in [-0.25, -0.2) is 0 Å². The number of hydrogen-bond acceptors (Lipinski definition) is 8. The maximum atomic E-state index is 12.9. The molecular formula is C27H52O2S6. The first-order chi connectivity index (χ1) is 16.9. The van der Waals surface area contributed by atoms with Crippen LogP contribution in [0.2, 0.25) is 0 Å². The largest absolute Gasteiger partial charge is 0.299 e. The normalized spacial score (nSPS) is 12.3. The van der Waals surface area contributed by atoms with E-state index in [1.54, 1.807) is 0 Å². The van der Waals surface area contributed by atoms with Crippen LogP contribution in [0.3, 0.4) is 0 Å². The number of carbonyl (C=O) groups is 2. The predicted octanol–water partition coefficient (Wildman–Crippen LogP) is 8.31. The maximum Gasteiger partial charge on any atom is 0.140 e. The Labute approximate surface area is 249 Å². The van der Waals surface area contributed by atoms with Crippen molar-refractivity contribution >= 4 is 87.3 Å². The molecule has 0 heterocycles. The Hall–Kier alpha value is 1.44. The van der Waals surface area contributed by atoms with E-state index in [0.29, 0.717) is 12.8 Å². The van der Waals surface area contributed by atoms with E-state index < -0.39 is 0 Å². The number of hydrogen-bond donors (Lipinski definition) is 6. The Morgan fingerprint density at radius 3 is 0.829 bits per heavy atom. The Bertz CT molecular complexity index is 454. The molecule has 0 fully saturated rings. The lowest BCUT2D eigenvalue weighted by Gasteiger charge is -2.35. The lowest BCUT2D eigenvalue weighted by molar-refractivity contribution is -0.127. The number of carbonyl (C=O) groups excluding carboxylic acids is 2. The summed E-state index contributed by atoms with van der Waals surface area (Å²) < 4.78 is 0. The summed E-state index contributed by atoms with van der Waals surface area (Å²) in [5.41, 5.74) is 0.295. The third-order valence-electron chi connectivity index (χ3n) is 7.45. The quantitative estimate of drug-likeness (QED) is 0.0446. The van der Waals surface area contributed by atoms with Crippen LogP contribution in [0, 0.1) is 10.8 Å². The van der Waals surface area contributed by atoms with Crippen molar-refractivity contribution in [2.75, 3.05) is 34.5 Å². The van der Waals surface area contributed by atoms with E-state index in [9.17, 15) is 9.59 Å². The van der Waals surface area contributed by atoms with Gasteiger partial charge in [0, 0.05) is 12.8 Å². The zero-order chi connectivity index (χ0) is 26.4. The van der Waals surface area contributed by atoms with Gasteiger partial charge in [0.05, 0.1) is 6.42 Å². The average molecular weight is 601 g/mol. The van der Waals surface area contributed by atoms with Gasteiger partial charge in [-0.3, -0.25) is 9.59 Å². The Morgan fingerprint density at radius 2 is 0.629 bits per heavy atom. The first-order valence-electron chi connectivity index (χ1n) is 13.5. The van der Waals surface area contributed by atoms with Crippen LogP contribution in [-0.2, 0) is 9.59 Å². The standard InChI is InChI=1S/C27H52O2S6/c28-24(7-15-26(9-1-17-30,10-2-18-31)11-3-19-32)23-25(29)8-16-27(12-4-20-33,13-5-21-34)14-6-22-35/h30-35H,1-23H2. The van der Waals surface area contributed by atoms with E-state index in [1.165, 1.54) is 0 Å². The van der Waals surface area contributed by atoms with Crippen molar-refractivity contribution in [2.45, 2.75) is 109 Å². The fourth-order valence-electron chi connectivity index (χ4n) is 5.43. The molecule has 0 spiro atoms. The average Bonchev–Trinajstić information content (AvgIpc) is 2.87. The van der Waals surface area contributed by atoms with Crippen molar-refractivity contribution in [3.63, 3.8) is 0 Å². The molecule has 0 aliphatic rings. The van der Waals surface area contributed by atoms with Crippen LogP contribution in [0.5, 0.6) is 0 Å². The molecule has 0 radical (unpaired) electrons. The lowest BCUT2D eigenvalue weighted by Crippen LogP contribution is -2.25. The van der Waals surface area contributed by atoms with E-state index in [0.717, 1.165) is 124 Å². The maximum absolute atomic E-state index is 12.9. The van der Waals surface area contributed by atoms with Crippen LogP contribution in [0.15, 0.2) is 0 Å². The number of ketones is 2. The molecule has 35 heavy (non-hydrogen) atoms. The van der Waals surface area contributed by atoms with Crippen molar-refractivity contribution in [3.8, 4) is 0 Å². The minimum atomic E-state index is 0.0869. The van der Waals surface area contributed by atoms with E-state index in [-0.39, 0.29) is 28.8 Å². The van der Waals surface area contributed by atoms with Gasteiger partial charge in [-0.15, -0.1) is 0 Å². The molecule has 0 bridgehead atoms. The van der Waals surface area contributed by atoms with Crippen LogP contribution in [0.25, 0.3) is 0 Å². The van der Waals surface area contributed by atoms with E-state index in [4.69, 9.17) is 0 Å². The zero-order valence-electron chi connectivity index (χ0n) is 21.8. The molecule has 0 atom stereocenters. The highest BCUT2D eigenvalue weighted by Gasteiger charge is 2.31. The molecule has 0 aromatic heterocycles. The van der Waals surface area contributed by atoms with Crippen molar-refractivity contribution in [1.29, 1.82) is 0 Å². The lowest BCUT2D eigenvalue weighted by atomic mass is 9.71. The van der Waals surface area contributed by atoms with Gasteiger partial charge in [0.15, 0.2) is 0 Å². The molecule has 208 valence electrons. The first-order valence-corrected chi connectivity index (χ1v) is 17.3. The summed E-state index contributed by atoms with van der Waals surface area (Å²) in [6, 6.07) is 0. The van der Waals surface area contributed by atoms with Crippen LogP contribution in [-0.4, -0.2) is 46.1 Å². The summed E-state index contributed by atoms with van der Waals surface area (Å²) in [5.74, 6) is 5.41. The molecule has 0 aliphatic heterocycles. The molecule has 0 amide bonds. The van der Waals surface area contributed by atoms with Gasteiger partial charge in [-0.1, -0.05) is 0 Å². The summed E-state index contributed by atoms with van der Waals surface area (Å²) in [6.07, 6.45) is 15.7. The minimum Gasteiger partial charge on any atom is -0.299 e. The number of Topliss-reactive ketones (excluding diaryl/α,β-unsaturated/α-hetero) is 2. The van der Waals surface area contributed by atoms with Crippen molar-refractivity contribution < 1.29 is 9.59 Å². The molecule has 0 N–H and O–H groups in total. The van der Waals surface area contributed by atoms with Gasteiger partial charge in [-0.2, -0.15) is 75.8 Å². The first kappa shape index (κ1) is 36.4.